The van der Waals surface area contributed by atoms with Crippen LogP contribution in [0.25, 0.3) is 0 Å². The van der Waals surface area contributed by atoms with Gasteiger partial charge in [0.25, 0.3) is 0 Å². The average molecular weight is 276 g/mol. The van der Waals surface area contributed by atoms with Gasteiger partial charge in [0.15, 0.2) is 0 Å². The Morgan fingerprint density at radius 1 is 1.05 bits per heavy atom. The van der Waals surface area contributed by atoms with Crippen molar-refractivity contribution in [3.8, 4) is 0 Å². The molecule has 3 N–H and O–H groups in total. The van der Waals surface area contributed by atoms with Gasteiger partial charge in [0.1, 0.15) is 0 Å². The Hall–Kier alpha value is -0.900. The lowest BCUT2D eigenvalue weighted by molar-refractivity contribution is 0.117. The number of aliphatic hydroxyl groups is 1. The second-order valence-electron chi connectivity index (χ2n) is 5.84. The molecule has 0 bridgehead atoms. The van der Waals surface area contributed by atoms with E-state index in [2.05, 4.69) is 29.2 Å². The fourth-order valence-corrected chi connectivity index (χ4v) is 3.18. The van der Waals surface area contributed by atoms with Crippen LogP contribution in [0.1, 0.15) is 43.2 Å². The van der Waals surface area contributed by atoms with E-state index in [0.29, 0.717) is 12.6 Å². The number of rotatable bonds is 7. The van der Waals surface area contributed by atoms with E-state index >= 15 is 0 Å². The summed E-state index contributed by atoms with van der Waals surface area (Å²) in [7, 11) is 0. The molecule has 20 heavy (non-hydrogen) atoms. The van der Waals surface area contributed by atoms with Gasteiger partial charge in [-0.25, -0.2) is 0 Å². The van der Waals surface area contributed by atoms with Gasteiger partial charge >= 0.3 is 0 Å². The normalized spacial score (nSPS) is 16.8. The topological polar surface area (TPSA) is 49.5 Å². The van der Waals surface area contributed by atoms with Gasteiger partial charge in [0.2, 0.25) is 0 Å². The van der Waals surface area contributed by atoms with E-state index < -0.39 is 0 Å². The van der Waals surface area contributed by atoms with Crippen LogP contribution in [0.5, 0.6) is 0 Å². The van der Waals surface area contributed by atoms with Gasteiger partial charge in [-0.15, -0.1) is 0 Å². The zero-order chi connectivity index (χ0) is 14.2. The molecule has 0 radical (unpaired) electrons. The molecule has 1 aliphatic carbocycles. The van der Waals surface area contributed by atoms with E-state index in [4.69, 9.17) is 5.73 Å². The lowest BCUT2D eigenvalue weighted by Crippen LogP contribution is -2.38. The van der Waals surface area contributed by atoms with Crippen molar-refractivity contribution < 1.29 is 5.11 Å². The molecule has 1 aliphatic rings. The third-order valence-corrected chi connectivity index (χ3v) is 4.32. The molecular weight excluding hydrogens is 248 g/mol. The maximum Gasteiger partial charge on any atom is 0.0558 e. The second kappa shape index (κ2) is 8.40. The molecule has 3 heteroatoms. The number of hydrogen-bond acceptors (Lipinski definition) is 3. The first kappa shape index (κ1) is 15.5. The number of hydrogen-bond donors (Lipinski definition) is 2. The fourth-order valence-electron chi connectivity index (χ4n) is 3.18. The molecule has 3 nitrogen and oxygen atoms in total. The fraction of sp³-hybridized carbons (Fsp3) is 0.647. The van der Waals surface area contributed by atoms with Crippen LogP contribution in [0, 0.1) is 0 Å². The number of benzene rings is 1. The summed E-state index contributed by atoms with van der Waals surface area (Å²) in [5.74, 6) is 0. The first-order valence-electron chi connectivity index (χ1n) is 7.96. The standard InChI is InChI=1S/C17H28N2O/c18-11-10-15-6-8-16(9-7-15)14-19(12-13-20)17-4-2-1-3-5-17/h6-9,17,20H,1-5,10-14,18H2. The maximum atomic E-state index is 9.30. The molecular formula is C17H28N2O. The lowest BCUT2D eigenvalue weighted by Gasteiger charge is -2.34. The van der Waals surface area contributed by atoms with Gasteiger partial charge in [-0.05, 0) is 36.9 Å². The third kappa shape index (κ3) is 4.58. The van der Waals surface area contributed by atoms with Crippen LogP contribution in [0.4, 0.5) is 0 Å². The Morgan fingerprint density at radius 3 is 2.30 bits per heavy atom. The Bertz CT molecular complexity index is 371. The van der Waals surface area contributed by atoms with Crippen LogP contribution in [-0.4, -0.2) is 35.7 Å². The van der Waals surface area contributed by atoms with Crippen LogP contribution in [0.3, 0.4) is 0 Å². The quantitative estimate of drug-likeness (QED) is 0.803. The minimum absolute atomic E-state index is 0.252. The van der Waals surface area contributed by atoms with Crippen molar-refractivity contribution in [3.63, 3.8) is 0 Å². The predicted molar refractivity (Wildman–Crippen MR) is 83.6 cm³/mol. The number of nitrogens with zero attached hydrogens (tertiary/aromatic N) is 1. The van der Waals surface area contributed by atoms with Crippen LogP contribution in [-0.2, 0) is 13.0 Å². The predicted octanol–water partition coefficient (Wildman–Crippen LogP) is 2.31. The molecule has 112 valence electrons. The Kier molecular flexibility index (Phi) is 6.51. The minimum atomic E-state index is 0.252. The van der Waals surface area contributed by atoms with Crippen molar-refractivity contribution in [2.75, 3.05) is 19.7 Å². The van der Waals surface area contributed by atoms with Gasteiger partial charge in [0, 0.05) is 19.1 Å². The van der Waals surface area contributed by atoms with Gasteiger partial charge in [0.05, 0.1) is 6.61 Å². The zero-order valence-corrected chi connectivity index (χ0v) is 12.4. The van der Waals surface area contributed by atoms with Crippen molar-refractivity contribution in [2.24, 2.45) is 5.73 Å². The third-order valence-electron chi connectivity index (χ3n) is 4.32. The monoisotopic (exact) mass is 276 g/mol. The highest BCUT2D eigenvalue weighted by molar-refractivity contribution is 5.22. The van der Waals surface area contributed by atoms with Crippen LogP contribution in [0.2, 0.25) is 0 Å². The van der Waals surface area contributed by atoms with Crippen LogP contribution < -0.4 is 5.73 Å². The van der Waals surface area contributed by atoms with E-state index in [1.165, 1.54) is 43.2 Å². The molecule has 0 heterocycles. The summed E-state index contributed by atoms with van der Waals surface area (Å²) in [5, 5.41) is 9.30. The van der Waals surface area contributed by atoms with Crippen molar-refractivity contribution in [1.82, 2.24) is 4.90 Å². The molecule has 0 aliphatic heterocycles. The molecule has 0 unspecified atom stereocenters. The van der Waals surface area contributed by atoms with Crippen LogP contribution >= 0.6 is 0 Å². The summed E-state index contributed by atoms with van der Waals surface area (Å²) >= 11 is 0. The summed E-state index contributed by atoms with van der Waals surface area (Å²) in [6, 6.07) is 9.43. The summed E-state index contributed by atoms with van der Waals surface area (Å²) in [4.78, 5) is 2.46. The Morgan fingerprint density at radius 2 is 1.70 bits per heavy atom. The van der Waals surface area contributed by atoms with Gasteiger partial charge < -0.3 is 10.8 Å². The zero-order valence-electron chi connectivity index (χ0n) is 12.4. The highest BCUT2D eigenvalue weighted by atomic mass is 16.3. The highest BCUT2D eigenvalue weighted by Gasteiger charge is 2.20. The highest BCUT2D eigenvalue weighted by Crippen LogP contribution is 2.24. The lowest BCUT2D eigenvalue weighted by atomic mass is 9.93. The molecule has 0 atom stereocenters. The number of aliphatic hydroxyl groups excluding tert-OH is 1. The Labute approximate surface area is 122 Å². The molecule has 1 aromatic carbocycles. The molecule has 0 spiro atoms. The van der Waals surface area contributed by atoms with Crippen LogP contribution in [0.15, 0.2) is 24.3 Å². The van der Waals surface area contributed by atoms with Gasteiger partial charge in [-0.1, -0.05) is 43.5 Å². The number of nitrogens with two attached hydrogens (primary N) is 1. The molecule has 0 amide bonds. The molecule has 1 fully saturated rings. The smallest absolute Gasteiger partial charge is 0.0558 e. The van der Waals surface area contributed by atoms with Gasteiger partial charge in [-0.3, -0.25) is 4.90 Å². The second-order valence-corrected chi connectivity index (χ2v) is 5.84. The van der Waals surface area contributed by atoms with Crippen molar-refractivity contribution >= 4 is 0 Å². The largest absolute Gasteiger partial charge is 0.395 e. The van der Waals surface area contributed by atoms with E-state index in [1.807, 2.05) is 0 Å². The summed E-state index contributed by atoms with van der Waals surface area (Å²) in [6.45, 7) is 2.70. The SMILES string of the molecule is NCCc1ccc(CN(CCO)C2CCCCC2)cc1. The first-order chi connectivity index (χ1) is 9.83. The molecule has 2 rings (SSSR count). The first-order valence-corrected chi connectivity index (χ1v) is 7.96. The van der Waals surface area contributed by atoms with E-state index in [9.17, 15) is 5.11 Å². The summed E-state index contributed by atoms with van der Waals surface area (Å²) in [5.41, 5.74) is 8.23. The molecule has 0 aromatic heterocycles. The van der Waals surface area contributed by atoms with Crippen molar-refractivity contribution in [1.29, 1.82) is 0 Å². The minimum Gasteiger partial charge on any atom is -0.395 e. The van der Waals surface area contributed by atoms with E-state index in [0.717, 1.165) is 19.5 Å². The average Bonchev–Trinajstić information content (AvgIpc) is 2.50. The molecule has 1 aromatic rings. The van der Waals surface area contributed by atoms with Crippen molar-refractivity contribution in [2.45, 2.75) is 51.1 Å². The maximum absolute atomic E-state index is 9.30. The van der Waals surface area contributed by atoms with Crippen molar-refractivity contribution in [3.05, 3.63) is 35.4 Å². The summed E-state index contributed by atoms with van der Waals surface area (Å²) in [6.07, 6.45) is 7.56. The molecule has 0 saturated heterocycles. The summed E-state index contributed by atoms with van der Waals surface area (Å²) < 4.78 is 0. The van der Waals surface area contributed by atoms with E-state index in [1.54, 1.807) is 0 Å². The molecule has 1 saturated carbocycles. The van der Waals surface area contributed by atoms with Gasteiger partial charge in [-0.2, -0.15) is 0 Å². The Balaban J connectivity index is 1.95. The van der Waals surface area contributed by atoms with E-state index in [-0.39, 0.29) is 6.61 Å².